The molecule has 0 aliphatic carbocycles. The molecule has 1 heterocycles. The van der Waals surface area contributed by atoms with E-state index < -0.39 is 0 Å². The van der Waals surface area contributed by atoms with Crippen molar-refractivity contribution in [1.82, 2.24) is 4.98 Å². The summed E-state index contributed by atoms with van der Waals surface area (Å²) in [7, 11) is 0. The third kappa shape index (κ3) is 4.05. The SMILES string of the molecule is CCCC(=O)Nc1ccc(C(=O)Nc2ccncc2N)cc1. The molecule has 0 aliphatic rings. The molecule has 0 spiro atoms. The average Bonchev–Trinajstić information content (AvgIpc) is 2.50. The van der Waals surface area contributed by atoms with Gasteiger partial charge in [-0.25, -0.2) is 0 Å². The van der Waals surface area contributed by atoms with E-state index in [2.05, 4.69) is 15.6 Å². The maximum atomic E-state index is 12.1. The molecule has 2 amide bonds. The minimum atomic E-state index is -0.274. The largest absolute Gasteiger partial charge is 0.396 e. The van der Waals surface area contributed by atoms with E-state index in [1.165, 1.54) is 6.20 Å². The minimum Gasteiger partial charge on any atom is -0.396 e. The molecule has 0 saturated carbocycles. The van der Waals surface area contributed by atoms with Crippen LogP contribution in [-0.2, 0) is 4.79 Å². The zero-order valence-corrected chi connectivity index (χ0v) is 12.3. The summed E-state index contributed by atoms with van der Waals surface area (Å²) < 4.78 is 0. The number of benzene rings is 1. The van der Waals surface area contributed by atoms with E-state index in [1.54, 1.807) is 36.5 Å². The summed E-state index contributed by atoms with van der Waals surface area (Å²) in [4.78, 5) is 27.5. The lowest BCUT2D eigenvalue weighted by Gasteiger charge is -2.08. The normalized spacial score (nSPS) is 10.0. The van der Waals surface area contributed by atoms with Gasteiger partial charge in [0.1, 0.15) is 0 Å². The van der Waals surface area contributed by atoms with Gasteiger partial charge < -0.3 is 16.4 Å². The van der Waals surface area contributed by atoms with Gasteiger partial charge in [-0.15, -0.1) is 0 Å². The predicted molar refractivity (Wildman–Crippen MR) is 86.6 cm³/mol. The highest BCUT2D eigenvalue weighted by atomic mass is 16.2. The van der Waals surface area contributed by atoms with Gasteiger partial charge in [-0.1, -0.05) is 6.92 Å². The Hall–Kier alpha value is -2.89. The number of hydrogen-bond acceptors (Lipinski definition) is 4. The molecule has 1 aromatic heterocycles. The van der Waals surface area contributed by atoms with E-state index in [-0.39, 0.29) is 11.8 Å². The fourth-order valence-electron chi connectivity index (χ4n) is 1.87. The van der Waals surface area contributed by atoms with Gasteiger partial charge in [0.25, 0.3) is 5.91 Å². The number of carbonyl (C=O) groups is 2. The first-order chi connectivity index (χ1) is 10.6. The maximum absolute atomic E-state index is 12.1. The molecule has 0 atom stereocenters. The van der Waals surface area contributed by atoms with Gasteiger partial charge in [-0.2, -0.15) is 0 Å². The van der Waals surface area contributed by atoms with Crippen LogP contribution in [0.25, 0.3) is 0 Å². The summed E-state index contributed by atoms with van der Waals surface area (Å²) in [5, 5.41) is 5.48. The van der Waals surface area contributed by atoms with Crippen molar-refractivity contribution in [1.29, 1.82) is 0 Å². The number of rotatable bonds is 5. The first-order valence-electron chi connectivity index (χ1n) is 7.01. The van der Waals surface area contributed by atoms with Crippen molar-refractivity contribution in [3.05, 3.63) is 48.3 Å². The van der Waals surface area contributed by atoms with E-state index >= 15 is 0 Å². The Kier molecular flexibility index (Phi) is 5.08. The minimum absolute atomic E-state index is 0.0377. The number of carbonyl (C=O) groups excluding carboxylic acids is 2. The molecule has 4 N–H and O–H groups in total. The lowest BCUT2D eigenvalue weighted by Crippen LogP contribution is -2.14. The van der Waals surface area contributed by atoms with Crippen LogP contribution in [0.15, 0.2) is 42.7 Å². The molecule has 0 radical (unpaired) electrons. The summed E-state index contributed by atoms with van der Waals surface area (Å²) in [6.07, 6.45) is 4.30. The van der Waals surface area contributed by atoms with Gasteiger partial charge in [-0.05, 0) is 36.8 Å². The van der Waals surface area contributed by atoms with Crippen LogP contribution in [0.4, 0.5) is 17.1 Å². The summed E-state index contributed by atoms with van der Waals surface area (Å²) in [5.41, 5.74) is 7.79. The number of nitrogens with two attached hydrogens (primary N) is 1. The van der Waals surface area contributed by atoms with Crippen LogP contribution in [0, 0.1) is 0 Å². The van der Waals surface area contributed by atoms with E-state index in [4.69, 9.17) is 5.73 Å². The fourth-order valence-corrected chi connectivity index (χ4v) is 1.87. The second-order valence-electron chi connectivity index (χ2n) is 4.79. The third-order valence-electron chi connectivity index (χ3n) is 3.01. The van der Waals surface area contributed by atoms with Crippen molar-refractivity contribution in [2.75, 3.05) is 16.4 Å². The molecule has 0 aliphatic heterocycles. The van der Waals surface area contributed by atoms with Crippen molar-refractivity contribution in [2.24, 2.45) is 0 Å². The van der Waals surface area contributed by atoms with Crippen LogP contribution in [-0.4, -0.2) is 16.8 Å². The number of pyridine rings is 1. The van der Waals surface area contributed by atoms with Crippen molar-refractivity contribution >= 4 is 28.9 Å². The van der Waals surface area contributed by atoms with Crippen LogP contribution in [0.5, 0.6) is 0 Å². The number of anilines is 3. The zero-order valence-electron chi connectivity index (χ0n) is 12.3. The topological polar surface area (TPSA) is 97.1 Å². The van der Waals surface area contributed by atoms with Crippen molar-refractivity contribution in [3.63, 3.8) is 0 Å². The Labute approximate surface area is 128 Å². The van der Waals surface area contributed by atoms with Crippen LogP contribution < -0.4 is 16.4 Å². The highest BCUT2D eigenvalue weighted by Crippen LogP contribution is 2.17. The van der Waals surface area contributed by atoms with E-state index in [1.807, 2.05) is 6.92 Å². The number of nitrogen functional groups attached to an aromatic ring is 1. The van der Waals surface area contributed by atoms with Crippen LogP contribution >= 0.6 is 0 Å². The molecule has 0 unspecified atom stereocenters. The van der Waals surface area contributed by atoms with E-state index in [0.717, 1.165) is 6.42 Å². The van der Waals surface area contributed by atoms with Gasteiger partial charge >= 0.3 is 0 Å². The van der Waals surface area contributed by atoms with E-state index in [9.17, 15) is 9.59 Å². The highest BCUT2D eigenvalue weighted by Gasteiger charge is 2.08. The first-order valence-corrected chi connectivity index (χ1v) is 7.01. The Morgan fingerprint density at radius 1 is 1.14 bits per heavy atom. The van der Waals surface area contributed by atoms with Crippen LogP contribution in [0.2, 0.25) is 0 Å². The second-order valence-corrected chi connectivity index (χ2v) is 4.79. The van der Waals surface area contributed by atoms with Crippen molar-refractivity contribution < 1.29 is 9.59 Å². The van der Waals surface area contributed by atoms with Gasteiger partial charge in [0.05, 0.1) is 17.6 Å². The molecule has 22 heavy (non-hydrogen) atoms. The lowest BCUT2D eigenvalue weighted by molar-refractivity contribution is -0.116. The van der Waals surface area contributed by atoms with Gasteiger partial charge in [-0.3, -0.25) is 14.6 Å². The molecule has 2 rings (SSSR count). The molecule has 0 bridgehead atoms. The molecule has 0 saturated heterocycles. The number of nitrogens with one attached hydrogen (secondary N) is 2. The van der Waals surface area contributed by atoms with Gasteiger partial charge in [0.15, 0.2) is 0 Å². The predicted octanol–water partition coefficient (Wildman–Crippen LogP) is 2.65. The fraction of sp³-hybridized carbons (Fsp3) is 0.188. The molecule has 6 nitrogen and oxygen atoms in total. The Balaban J connectivity index is 2.02. The summed E-state index contributed by atoms with van der Waals surface area (Å²) in [5.74, 6) is -0.311. The van der Waals surface area contributed by atoms with Crippen molar-refractivity contribution in [2.45, 2.75) is 19.8 Å². The average molecular weight is 298 g/mol. The number of hydrogen-bond donors (Lipinski definition) is 3. The summed E-state index contributed by atoms with van der Waals surface area (Å²) in [6, 6.07) is 8.31. The molecule has 1 aromatic carbocycles. The van der Waals surface area contributed by atoms with Gasteiger partial charge in [0.2, 0.25) is 5.91 Å². The quantitative estimate of drug-likeness (QED) is 0.790. The third-order valence-corrected chi connectivity index (χ3v) is 3.01. The standard InChI is InChI=1S/C16H18N4O2/c1-2-3-15(21)19-12-6-4-11(5-7-12)16(22)20-14-8-9-18-10-13(14)17/h4-10H,2-3,17H2,1H3,(H,19,21)(H,18,20,22). The maximum Gasteiger partial charge on any atom is 0.255 e. The Morgan fingerprint density at radius 2 is 1.86 bits per heavy atom. The van der Waals surface area contributed by atoms with Crippen molar-refractivity contribution in [3.8, 4) is 0 Å². The Morgan fingerprint density at radius 3 is 2.50 bits per heavy atom. The highest BCUT2D eigenvalue weighted by molar-refractivity contribution is 6.06. The zero-order chi connectivity index (χ0) is 15.9. The summed E-state index contributed by atoms with van der Waals surface area (Å²) >= 11 is 0. The van der Waals surface area contributed by atoms with Gasteiger partial charge in [0, 0.05) is 23.9 Å². The van der Waals surface area contributed by atoms with E-state index in [0.29, 0.717) is 29.0 Å². The molecule has 114 valence electrons. The molecular weight excluding hydrogens is 280 g/mol. The number of amides is 2. The molecule has 2 aromatic rings. The van der Waals surface area contributed by atoms with Crippen LogP contribution in [0.1, 0.15) is 30.1 Å². The smallest absolute Gasteiger partial charge is 0.255 e. The molecular formula is C16H18N4O2. The molecule has 6 heteroatoms. The second kappa shape index (κ2) is 7.21. The number of aromatic nitrogens is 1. The number of nitrogens with zero attached hydrogens (tertiary/aromatic N) is 1. The molecule has 0 fully saturated rings. The van der Waals surface area contributed by atoms with Crippen LogP contribution in [0.3, 0.4) is 0 Å². The summed E-state index contributed by atoms with van der Waals surface area (Å²) in [6.45, 7) is 1.94. The first kappa shape index (κ1) is 15.5. The lowest BCUT2D eigenvalue weighted by atomic mass is 10.2. The Bertz CT molecular complexity index is 668. The monoisotopic (exact) mass is 298 g/mol.